The van der Waals surface area contributed by atoms with Gasteiger partial charge in [0.1, 0.15) is 11.6 Å². The zero-order valence-electron chi connectivity index (χ0n) is 18.6. The zero-order valence-corrected chi connectivity index (χ0v) is 18.6. The minimum Gasteiger partial charge on any atom is -0.300 e. The van der Waals surface area contributed by atoms with Gasteiger partial charge in [-0.25, -0.2) is 4.98 Å². The monoisotopic (exact) mass is 431 g/mol. The van der Waals surface area contributed by atoms with Crippen LogP contribution in [0.1, 0.15) is 48.8 Å². The van der Waals surface area contributed by atoms with E-state index in [1.54, 1.807) is 6.08 Å². The lowest BCUT2D eigenvalue weighted by atomic mass is 9.43. The number of aromatic nitrogens is 1. The smallest absolute Gasteiger partial charge is 0.134 e. The molecule has 3 aliphatic carbocycles. The molecule has 0 amide bonds. The molecule has 3 aliphatic rings. The zero-order chi connectivity index (χ0) is 22.8. The van der Waals surface area contributed by atoms with Gasteiger partial charge in [-0.1, -0.05) is 73.9 Å². The Morgan fingerprint density at radius 1 is 0.909 bits per heavy atom. The van der Waals surface area contributed by atoms with E-state index in [-0.39, 0.29) is 17.0 Å². The van der Waals surface area contributed by atoms with Crippen LogP contribution >= 0.6 is 0 Å². The van der Waals surface area contributed by atoms with Crippen LogP contribution in [0.5, 0.6) is 0 Å². The first-order valence-electron chi connectivity index (χ1n) is 11.6. The predicted molar refractivity (Wildman–Crippen MR) is 132 cm³/mol. The van der Waals surface area contributed by atoms with Gasteiger partial charge in [-0.05, 0) is 34.8 Å². The topological polar surface area (TPSA) is 47.0 Å². The molecule has 2 saturated carbocycles. The molecule has 1 unspecified atom stereocenters. The molecule has 2 aromatic carbocycles. The molecule has 2 spiro atoms. The molecule has 0 N–H and O–H groups in total. The standard InChI is InChI=1S/C30H25NO2/c1-3-9-19(4-2)26-23-11-6-8-13-25(23)31-28-22-10-5-7-12-24(22)30(17-21(33)18-30)29(27(26)28)15-14-20(32)16-29/h3-13H,1-2,14-18H2/b19-9+. The van der Waals surface area contributed by atoms with Crippen molar-refractivity contribution in [3.05, 3.63) is 96.6 Å². The lowest BCUT2D eigenvalue weighted by molar-refractivity contribution is -0.132. The van der Waals surface area contributed by atoms with Gasteiger partial charge in [0.05, 0.1) is 11.2 Å². The molecule has 33 heavy (non-hydrogen) atoms. The molecule has 0 saturated heterocycles. The average molecular weight is 432 g/mol. The highest BCUT2D eigenvalue weighted by Crippen LogP contribution is 2.67. The van der Waals surface area contributed by atoms with Crippen LogP contribution in [0, 0.1) is 0 Å². The second kappa shape index (κ2) is 6.95. The van der Waals surface area contributed by atoms with Gasteiger partial charge in [0, 0.05) is 47.5 Å². The molecule has 0 aliphatic heterocycles. The van der Waals surface area contributed by atoms with Gasteiger partial charge in [-0.15, -0.1) is 0 Å². The molecule has 0 radical (unpaired) electrons. The van der Waals surface area contributed by atoms with E-state index in [2.05, 4.69) is 31.4 Å². The molecule has 2 fully saturated rings. The number of fused-ring (bicyclic) bond motifs is 7. The Bertz CT molecular complexity index is 1420. The van der Waals surface area contributed by atoms with Crippen molar-refractivity contribution in [3.63, 3.8) is 0 Å². The summed E-state index contributed by atoms with van der Waals surface area (Å²) in [5.41, 5.74) is 6.47. The first-order valence-corrected chi connectivity index (χ1v) is 11.6. The number of carbonyl (C=O) groups excluding carboxylic acids is 2. The maximum Gasteiger partial charge on any atom is 0.134 e. The van der Waals surface area contributed by atoms with Crippen LogP contribution in [-0.2, 0) is 20.4 Å². The van der Waals surface area contributed by atoms with E-state index in [1.165, 1.54) is 5.56 Å². The summed E-state index contributed by atoms with van der Waals surface area (Å²) in [5, 5.41) is 1.04. The molecular weight excluding hydrogens is 406 g/mol. The van der Waals surface area contributed by atoms with Crippen molar-refractivity contribution in [1.82, 2.24) is 4.98 Å². The first-order chi connectivity index (χ1) is 16.0. The van der Waals surface area contributed by atoms with E-state index in [1.807, 2.05) is 42.5 Å². The number of benzene rings is 2. The van der Waals surface area contributed by atoms with Crippen LogP contribution in [0.25, 0.3) is 27.7 Å². The van der Waals surface area contributed by atoms with E-state index in [4.69, 9.17) is 4.98 Å². The molecule has 162 valence electrons. The summed E-state index contributed by atoms with van der Waals surface area (Å²) in [4.78, 5) is 30.7. The molecule has 1 heterocycles. The van der Waals surface area contributed by atoms with Gasteiger partial charge >= 0.3 is 0 Å². The quantitative estimate of drug-likeness (QED) is 0.460. The van der Waals surface area contributed by atoms with Gasteiger partial charge < -0.3 is 0 Å². The molecule has 1 atom stereocenters. The highest BCUT2D eigenvalue weighted by Gasteiger charge is 2.65. The first kappa shape index (κ1) is 20.0. The Labute approximate surface area is 193 Å². The van der Waals surface area contributed by atoms with Crippen molar-refractivity contribution >= 4 is 28.0 Å². The molecular formula is C30H25NO2. The van der Waals surface area contributed by atoms with Gasteiger partial charge in [0.2, 0.25) is 0 Å². The second-order valence-corrected chi connectivity index (χ2v) is 9.61. The maximum absolute atomic E-state index is 12.9. The Morgan fingerprint density at radius 3 is 2.33 bits per heavy atom. The van der Waals surface area contributed by atoms with Gasteiger partial charge in [0.25, 0.3) is 0 Å². The third-order valence-corrected chi connectivity index (χ3v) is 8.12. The number of carbonyl (C=O) groups is 2. The predicted octanol–water partition coefficient (Wildman–Crippen LogP) is 6.26. The third-order valence-electron chi connectivity index (χ3n) is 8.12. The van der Waals surface area contributed by atoms with Crippen LogP contribution in [0.4, 0.5) is 0 Å². The molecule has 0 bridgehead atoms. The summed E-state index contributed by atoms with van der Waals surface area (Å²) < 4.78 is 0. The third kappa shape index (κ3) is 2.48. The summed E-state index contributed by atoms with van der Waals surface area (Å²) >= 11 is 0. The number of Topliss-reactive ketones (excluding diaryl/α,β-unsaturated/α-hetero) is 2. The molecule has 3 heteroatoms. The van der Waals surface area contributed by atoms with Crippen LogP contribution in [0.15, 0.2) is 79.9 Å². The summed E-state index contributed by atoms with van der Waals surface area (Å²) in [6.45, 7) is 8.04. The summed E-state index contributed by atoms with van der Waals surface area (Å²) in [6, 6.07) is 16.5. The number of rotatable bonds is 3. The molecule has 1 aromatic heterocycles. The fourth-order valence-electron chi connectivity index (χ4n) is 6.80. The van der Waals surface area contributed by atoms with Crippen molar-refractivity contribution in [3.8, 4) is 11.3 Å². The van der Waals surface area contributed by atoms with Crippen LogP contribution in [-0.4, -0.2) is 16.6 Å². The van der Waals surface area contributed by atoms with Crippen molar-refractivity contribution < 1.29 is 9.59 Å². The van der Waals surface area contributed by atoms with Crippen LogP contribution in [0.3, 0.4) is 0 Å². The van der Waals surface area contributed by atoms with Crippen molar-refractivity contribution in [2.75, 3.05) is 0 Å². The largest absolute Gasteiger partial charge is 0.300 e. The highest BCUT2D eigenvalue weighted by atomic mass is 16.1. The number of nitrogens with zero attached hydrogens (tertiary/aromatic N) is 1. The fourth-order valence-corrected chi connectivity index (χ4v) is 6.80. The summed E-state index contributed by atoms with van der Waals surface area (Å²) in [6.07, 6.45) is 8.34. The van der Waals surface area contributed by atoms with Gasteiger partial charge in [0.15, 0.2) is 0 Å². The number of pyridine rings is 1. The fraction of sp³-hybridized carbons (Fsp3) is 0.233. The number of hydrogen-bond donors (Lipinski definition) is 0. The lowest BCUT2D eigenvalue weighted by Gasteiger charge is -2.58. The van der Waals surface area contributed by atoms with Crippen LogP contribution in [0.2, 0.25) is 0 Å². The minimum absolute atomic E-state index is 0.269. The number of allylic oxidation sites excluding steroid dienone is 4. The highest BCUT2D eigenvalue weighted by molar-refractivity contribution is 6.03. The maximum atomic E-state index is 12.9. The summed E-state index contributed by atoms with van der Waals surface area (Å²) in [5.74, 6) is 0.541. The number of ketones is 2. The lowest BCUT2D eigenvalue weighted by Crippen LogP contribution is -2.58. The Hall–Kier alpha value is -3.59. The average Bonchev–Trinajstić information content (AvgIpc) is 3.21. The SMILES string of the molecule is C=C/C=C(\C=C)c1c2c(nc3ccccc13)-c1ccccc1C1(CC(=O)C1)C21CCC(=O)C1. The number of hydrogen-bond acceptors (Lipinski definition) is 3. The van der Waals surface area contributed by atoms with E-state index in [0.717, 1.165) is 45.3 Å². The van der Waals surface area contributed by atoms with E-state index < -0.39 is 5.41 Å². The second-order valence-electron chi connectivity index (χ2n) is 9.61. The van der Waals surface area contributed by atoms with E-state index in [9.17, 15) is 9.59 Å². The van der Waals surface area contributed by atoms with E-state index in [0.29, 0.717) is 25.7 Å². The number of para-hydroxylation sites is 1. The minimum atomic E-state index is -0.447. The Balaban J connectivity index is 1.84. The summed E-state index contributed by atoms with van der Waals surface area (Å²) in [7, 11) is 0. The molecule has 6 rings (SSSR count). The van der Waals surface area contributed by atoms with Crippen molar-refractivity contribution in [2.45, 2.75) is 42.9 Å². The normalized spacial score (nSPS) is 22.8. The van der Waals surface area contributed by atoms with Crippen molar-refractivity contribution in [1.29, 1.82) is 0 Å². The molecule has 3 aromatic rings. The van der Waals surface area contributed by atoms with Gasteiger partial charge in [-0.2, -0.15) is 0 Å². The van der Waals surface area contributed by atoms with E-state index >= 15 is 0 Å². The van der Waals surface area contributed by atoms with Gasteiger partial charge in [-0.3, -0.25) is 9.59 Å². The molecule has 3 nitrogen and oxygen atoms in total. The van der Waals surface area contributed by atoms with Crippen LogP contribution < -0.4 is 0 Å². The Morgan fingerprint density at radius 2 is 1.64 bits per heavy atom. The Kier molecular flexibility index (Phi) is 4.22. The van der Waals surface area contributed by atoms with Crippen molar-refractivity contribution in [2.24, 2.45) is 0 Å².